The summed E-state index contributed by atoms with van der Waals surface area (Å²) in [4.78, 5) is 0. The van der Waals surface area contributed by atoms with Crippen LogP contribution in [0.2, 0.25) is 0 Å². The summed E-state index contributed by atoms with van der Waals surface area (Å²) in [5, 5.41) is 3.70. The van der Waals surface area contributed by atoms with Gasteiger partial charge in [0.05, 0.1) is 0 Å². The van der Waals surface area contributed by atoms with Gasteiger partial charge in [0.25, 0.3) is 0 Å². The third kappa shape index (κ3) is 12.2. The Kier molecular flexibility index (Phi) is 12.4. The number of hydrogen-bond donors (Lipinski definition) is 1. The summed E-state index contributed by atoms with van der Waals surface area (Å²) in [6.07, 6.45) is 12.5. The average Bonchev–Trinajstić information content (AvgIpc) is 2.29. The quantitative estimate of drug-likeness (QED) is 0.466. The van der Waals surface area contributed by atoms with Gasteiger partial charge >= 0.3 is 0 Å². The van der Waals surface area contributed by atoms with Crippen molar-refractivity contribution < 1.29 is 0 Å². The Labute approximate surface area is 110 Å². The van der Waals surface area contributed by atoms with E-state index in [-0.39, 0.29) is 0 Å². The summed E-state index contributed by atoms with van der Waals surface area (Å²) in [6.45, 7) is 10.4. The third-order valence-electron chi connectivity index (χ3n) is 3.35. The molecule has 0 bridgehead atoms. The predicted molar refractivity (Wildman–Crippen MR) is 79.5 cm³/mol. The fraction of sp³-hybridized carbons (Fsp3) is 1.00. The zero-order valence-corrected chi connectivity index (χ0v) is 12.7. The first-order valence-corrected chi connectivity index (χ1v) is 7.94. The molecule has 0 heterocycles. The van der Waals surface area contributed by atoms with E-state index in [1.807, 2.05) is 0 Å². The van der Waals surface area contributed by atoms with Gasteiger partial charge in [0.1, 0.15) is 0 Å². The summed E-state index contributed by atoms with van der Waals surface area (Å²) in [7, 11) is 0. The van der Waals surface area contributed by atoms with Gasteiger partial charge in [-0.05, 0) is 31.7 Å². The summed E-state index contributed by atoms with van der Waals surface area (Å²) in [5.41, 5.74) is 0. The maximum absolute atomic E-state index is 3.70. The van der Waals surface area contributed by atoms with Gasteiger partial charge in [-0.2, -0.15) is 0 Å². The van der Waals surface area contributed by atoms with E-state index in [4.69, 9.17) is 0 Å². The Morgan fingerprint density at radius 3 is 2.06 bits per heavy atom. The molecule has 0 aliphatic carbocycles. The molecule has 0 aromatic rings. The molecule has 0 aromatic heterocycles. The summed E-state index contributed by atoms with van der Waals surface area (Å²) in [5.74, 6) is 0.824. The molecule has 1 nitrogen and oxygen atoms in total. The molecule has 1 heteroatoms. The van der Waals surface area contributed by atoms with Crippen LogP contribution in [0.4, 0.5) is 0 Å². The highest BCUT2D eigenvalue weighted by molar-refractivity contribution is 4.68. The van der Waals surface area contributed by atoms with Crippen molar-refractivity contribution in [2.75, 3.05) is 6.54 Å². The fourth-order valence-corrected chi connectivity index (χ4v) is 2.39. The van der Waals surface area contributed by atoms with Crippen LogP contribution in [0.25, 0.3) is 0 Å². The molecule has 1 N–H and O–H groups in total. The van der Waals surface area contributed by atoms with Crippen molar-refractivity contribution in [1.29, 1.82) is 0 Å². The molecule has 0 rings (SSSR count). The van der Waals surface area contributed by atoms with Gasteiger partial charge in [0.15, 0.2) is 0 Å². The molecular weight excluding hydrogens is 206 g/mol. The van der Waals surface area contributed by atoms with E-state index in [1.165, 1.54) is 64.3 Å². The van der Waals surface area contributed by atoms with E-state index >= 15 is 0 Å². The van der Waals surface area contributed by atoms with E-state index in [1.54, 1.807) is 0 Å². The second-order valence-corrected chi connectivity index (χ2v) is 5.84. The lowest BCUT2D eigenvalue weighted by molar-refractivity contribution is 0.384. The van der Waals surface area contributed by atoms with Crippen LogP contribution in [0, 0.1) is 5.92 Å². The van der Waals surface area contributed by atoms with Crippen molar-refractivity contribution in [3.63, 3.8) is 0 Å². The van der Waals surface area contributed by atoms with E-state index in [0.717, 1.165) is 12.0 Å². The first-order valence-electron chi connectivity index (χ1n) is 7.94. The number of hydrogen-bond acceptors (Lipinski definition) is 1. The lowest BCUT2D eigenvalue weighted by Crippen LogP contribution is -2.31. The van der Waals surface area contributed by atoms with Crippen molar-refractivity contribution in [3.8, 4) is 0 Å². The Hall–Kier alpha value is -0.0400. The molecule has 0 spiro atoms. The second kappa shape index (κ2) is 12.4. The fourth-order valence-electron chi connectivity index (χ4n) is 2.39. The second-order valence-electron chi connectivity index (χ2n) is 5.84. The Bertz CT molecular complexity index is 142. The first kappa shape index (κ1) is 17.0. The molecule has 0 aliphatic rings. The highest BCUT2D eigenvalue weighted by Crippen LogP contribution is 2.13. The van der Waals surface area contributed by atoms with Crippen molar-refractivity contribution in [3.05, 3.63) is 0 Å². The van der Waals surface area contributed by atoms with Crippen molar-refractivity contribution in [1.82, 2.24) is 5.32 Å². The lowest BCUT2D eigenvalue weighted by atomic mass is 9.98. The summed E-state index contributed by atoms with van der Waals surface area (Å²) < 4.78 is 0. The molecule has 1 unspecified atom stereocenters. The van der Waals surface area contributed by atoms with Crippen LogP contribution in [0.1, 0.15) is 85.5 Å². The molecule has 0 saturated heterocycles. The standard InChI is InChI=1S/C16H35N/c1-5-7-8-9-10-11-12-16(14-15(3)4)17-13-6-2/h15-17H,5-14H2,1-4H3. The Balaban J connectivity index is 3.53. The van der Waals surface area contributed by atoms with Gasteiger partial charge in [0.2, 0.25) is 0 Å². The van der Waals surface area contributed by atoms with Crippen LogP contribution in [0.3, 0.4) is 0 Å². The molecule has 0 radical (unpaired) electrons. The lowest BCUT2D eigenvalue weighted by Gasteiger charge is -2.20. The van der Waals surface area contributed by atoms with E-state index in [0.29, 0.717) is 0 Å². The predicted octanol–water partition coefficient (Wildman–Crippen LogP) is 5.15. The minimum atomic E-state index is 0.765. The van der Waals surface area contributed by atoms with Crippen LogP contribution in [0.5, 0.6) is 0 Å². The van der Waals surface area contributed by atoms with Gasteiger partial charge in [-0.3, -0.25) is 0 Å². The SMILES string of the molecule is CCCCCCCCC(CC(C)C)NCCC. The first-order chi connectivity index (χ1) is 8.20. The summed E-state index contributed by atoms with van der Waals surface area (Å²) >= 11 is 0. The number of rotatable bonds is 12. The molecular formula is C16H35N. The molecule has 104 valence electrons. The maximum atomic E-state index is 3.70. The van der Waals surface area contributed by atoms with Crippen molar-refractivity contribution >= 4 is 0 Å². The van der Waals surface area contributed by atoms with Crippen molar-refractivity contribution in [2.45, 2.75) is 91.5 Å². The zero-order valence-electron chi connectivity index (χ0n) is 12.7. The minimum absolute atomic E-state index is 0.765. The molecule has 0 fully saturated rings. The average molecular weight is 241 g/mol. The van der Waals surface area contributed by atoms with Gasteiger partial charge in [-0.25, -0.2) is 0 Å². The Morgan fingerprint density at radius 1 is 0.824 bits per heavy atom. The highest BCUT2D eigenvalue weighted by atomic mass is 14.9. The highest BCUT2D eigenvalue weighted by Gasteiger charge is 2.09. The molecule has 0 saturated carbocycles. The molecule has 17 heavy (non-hydrogen) atoms. The van der Waals surface area contributed by atoms with Gasteiger partial charge < -0.3 is 5.32 Å². The van der Waals surface area contributed by atoms with Crippen LogP contribution < -0.4 is 5.32 Å². The molecule has 0 amide bonds. The van der Waals surface area contributed by atoms with Gasteiger partial charge in [0, 0.05) is 6.04 Å². The normalized spacial score (nSPS) is 13.2. The van der Waals surface area contributed by atoms with E-state index in [9.17, 15) is 0 Å². The van der Waals surface area contributed by atoms with Crippen LogP contribution in [0.15, 0.2) is 0 Å². The van der Waals surface area contributed by atoms with Gasteiger partial charge in [-0.15, -0.1) is 0 Å². The number of unbranched alkanes of at least 4 members (excludes halogenated alkanes) is 5. The van der Waals surface area contributed by atoms with Crippen molar-refractivity contribution in [2.24, 2.45) is 5.92 Å². The molecule has 0 aromatic carbocycles. The smallest absolute Gasteiger partial charge is 0.00694 e. The molecule has 1 atom stereocenters. The molecule has 0 aliphatic heterocycles. The largest absolute Gasteiger partial charge is 0.314 e. The minimum Gasteiger partial charge on any atom is -0.314 e. The van der Waals surface area contributed by atoms with Crippen LogP contribution >= 0.6 is 0 Å². The Morgan fingerprint density at radius 2 is 1.47 bits per heavy atom. The topological polar surface area (TPSA) is 12.0 Å². The van der Waals surface area contributed by atoms with Gasteiger partial charge in [-0.1, -0.05) is 66.2 Å². The van der Waals surface area contributed by atoms with Crippen LogP contribution in [-0.4, -0.2) is 12.6 Å². The maximum Gasteiger partial charge on any atom is 0.00694 e. The van der Waals surface area contributed by atoms with E-state index in [2.05, 4.69) is 33.0 Å². The monoisotopic (exact) mass is 241 g/mol. The summed E-state index contributed by atoms with van der Waals surface area (Å²) in [6, 6.07) is 0.765. The number of nitrogens with one attached hydrogen (secondary N) is 1. The third-order valence-corrected chi connectivity index (χ3v) is 3.35. The zero-order chi connectivity index (χ0) is 12.9. The van der Waals surface area contributed by atoms with E-state index < -0.39 is 0 Å². The van der Waals surface area contributed by atoms with Crippen LogP contribution in [-0.2, 0) is 0 Å².